The van der Waals surface area contributed by atoms with Crippen LogP contribution >= 0.6 is 0 Å². The zero-order chi connectivity index (χ0) is 12.7. The molecule has 3 heterocycles. The van der Waals surface area contributed by atoms with E-state index in [1.807, 2.05) is 6.92 Å². The van der Waals surface area contributed by atoms with Gasteiger partial charge in [0.15, 0.2) is 0 Å². The summed E-state index contributed by atoms with van der Waals surface area (Å²) >= 11 is 0. The van der Waals surface area contributed by atoms with E-state index in [9.17, 15) is 4.79 Å². The zero-order valence-corrected chi connectivity index (χ0v) is 10.7. The maximum absolute atomic E-state index is 11.9. The molecule has 3 rings (SSSR count). The molecular formula is C12H17N5O. The third-order valence-corrected chi connectivity index (χ3v) is 3.73. The highest BCUT2D eigenvalue weighted by molar-refractivity contribution is 5.98. The molecule has 1 unspecified atom stereocenters. The Morgan fingerprint density at radius 3 is 2.83 bits per heavy atom. The second-order valence-electron chi connectivity index (χ2n) is 4.80. The summed E-state index contributed by atoms with van der Waals surface area (Å²) in [5.41, 5.74) is 1.50. The minimum Gasteiger partial charge on any atom is -0.338 e. The third kappa shape index (κ3) is 1.64. The van der Waals surface area contributed by atoms with E-state index >= 15 is 0 Å². The van der Waals surface area contributed by atoms with Gasteiger partial charge in [0.2, 0.25) is 5.95 Å². The van der Waals surface area contributed by atoms with Gasteiger partial charge in [-0.1, -0.05) is 0 Å². The minimum atomic E-state index is 0.0179. The summed E-state index contributed by atoms with van der Waals surface area (Å²) in [5.74, 6) is 0.759. The summed E-state index contributed by atoms with van der Waals surface area (Å²) in [5, 5.41) is 3.30. The number of carbonyl (C=O) groups is 1. The van der Waals surface area contributed by atoms with Gasteiger partial charge in [-0.15, -0.1) is 0 Å². The Morgan fingerprint density at radius 2 is 2.11 bits per heavy atom. The Balaban J connectivity index is 1.94. The van der Waals surface area contributed by atoms with Crippen molar-refractivity contribution in [2.45, 2.75) is 13.0 Å². The van der Waals surface area contributed by atoms with Crippen LogP contribution in [0.2, 0.25) is 0 Å². The van der Waals surface area contributed by atoms with E-state index in [0.29, 0.717) is 5.56 Å². The van der Waals surface area contributed by atoms with E-state index in [1.165, 1.54) is 0 Å². The molecule has 0 aliphatic carbocycles. The Hall–Kier alpha value is -1.69. The number of hydrogen-bond acceptors (Lipinski definition) is 5. The van der Waals surface area contributed by atoms with E-state index < -0.39 is 0 Å². The predicted octanol–water partition coefficient (Wildman–Crippen LogP) is 0.0328. The van der Waals surface area contributed by atoms with Gasteiger partial charge < -0.3 is 15.1 Å². The lowest BCUT2D eigenvalue weighted by atomic mass is 10.2. The molecule has 1 fully saturated rings. The Bertz CT molecular complexity index is 483. The van der Waals surface area contributed by atoms with Crippen LogP contribution in [0.3, 0.4) is 0 Å². The van der Waals surface area contributed by atoms with Gasteiger partial charge in [0, 0.05) is 39.4 Å². The first-order valence-corrected chi connectivity index (χ1v) is 6.28. The van der Waals surface area contributed by atoms with Gasteiger partial charge in [-0.3, -0.25) is 4.79 Å². The van der Waals surface area contributed by atoms with Gasteiger partial charge in [-0.2, -0.15) is 0 Å². The standard InChI is InChI=1S/C12H17N5O/c1-8-10-9(11(18)16(8)2)7-14-12(15-10)17-5-3-13-4-6-17/h7-8,13H,3-6H2,1-2H3. The molecule has 1 aromatic heterocycles. The molecule has 18 heavy (non-hydrogen) atoms. The zero-order valence-electron chi connectivity index (χ0n) is 10.7. The monoisotopic (exact) mass is 247 g/mol. The van der Waals surface area contributed by atoms with Crippen LogP contribution in [0, 0.1) is 0 Å². The van der Waals surface area contributed by atoms with Crippen molar-refractivity contribution in [3.05, 3.63) is 17.5 Å². The maximum atomic E-state index is 11.9. The molecule has 1 N–H and O–H groups in total. The fourth-order valence-corrected chi connectivity index (χ4v) is 2.43. The molecule has 6 heteroatoms. The van der Waals surface area contributed by atoms with Crippen LogP contribution in [0.25, 0.3) is 0 Å². The van der Waals surface area contributed by atoms with E-state index in [4.69, 9.17) is 0 Å². The first-order valence-electron chi connectivity index (χ1n) is 6.28. The van der Waals surface area contributed by atoms with E-state index in [0.717, 1.165) is 37.8 Å². The number of fused-ring (bicyclic) bond motifs is 1. The van der Waals surface area contributed by atoms with Crippen LogP contribution in [0.1, 0.15) is 29.0 Å². The minimum absolute atomic E-state index is 0.0179. The molecule has 0 bridgehead atoms. The van der Waals surface area contributed by atoms with E-state index in [-0.39, 0.29) is 11.9 Å². The highest BCUT2D eigenvalue weighted by Crippen LogP contribution is 2.30. The van der Waals surface area contributed by atoms with Gasteiger partial charge in [0.1, 0.15) is 0 Å². The molecule has 96 valence electrons. The number of piperazine rings is 1. The summed E-state index contributed by atoms with van der Waals surface area (Å²) in [6.45, 7) is 5.73. The summed E-state index contributed by atoms with van der Waals surface area (Å²) in [6, 6.07) is 0.0390. The first kappa shape index (κ1) is 11.4. The number of nitrogens with one attached hydrogen (secondary N) is 1. The fourth-order valence-electron chi connectivity index (χ4n) is 2.43. The summed E-state index contributed by atoms with van der Waals surface area (Å²) in [6.07, 6.45) is 1.67. The van der Waals surface area contributed by atoms with Crippen LogP contribution < -0.4 is 10.2 Å². The lowest BCUT2D eigenvalue weighted by Gasteiger charge is -2.27. The number of hydrogen-bond donors (Lipinski definition) is 1. The number of nitrogens with zero attached hydrogens (tertiary/aromatic N) is 4. The maximum Gasteiger partial charge on any atom is 0.257 e. The molecular weight excluding hydrogens is 230 g/mol. The van der Waals surface area contributed by atoms with Gasteiger partial charge in [-0.05, 0) is 6.92 Å². The van der Waals surface area contributed by atoms with Crippen molar-refractivity contribution >= 4 is 11.9 Å². The molecule has 2 aliphatic heterocycles. The summed E-state index contributed by atoms with van der Waals surface area (Å²) in [4.78, 5) is 24.7. The molecule has 0 radical (unpaired) electrons. The van der Waals surface area contributed by atoms with Gasteiger partial charge in [0.05, 0.1) is 17.3 Å². The summed E-state index contributed by atoms with van der Waals surface area (Å²) < 4.78 is 0. The van der Waals surface area contributed by atoms with Crippen molar-refractivity contribution in [1.29, 1.82) is 0 Å². The highest BCUT2D eigenvalue weighted by Gasteiger charge is 2.33. The lowest BCUT2D eigenvalue weighted by molar-refractivity contribution is 0.0783. The SMILES string of the molecule is CC1c2nc(N3CCNCC3)ncc2C(=O)N1C. The number of amides is 1. The number of aromatic nitrogens is 2. The molecule has 2 aliphatic rings. The normalized spacial score (nSPS) is 23.4. The number of rotatable bonds is 1. The molecule has 1 aromatic rings. The molecule has 1 atom stereocenters. The average Bonchev–Trinajstić information content (AvgIpc) is 2.65. The molecule has 6 nitrogen and oxygen atoms in total. The summed E-state index contributed by atoms with van der Waals surface area (Å²) in [7, 11) is 1.80. The number of anilines is 1. The van der Waals surface area contributed by atoms with Crippen molar-refractivity contribution in [3.63, 3.8) is 0 Å². The van der Waals surface area contributed by atoms with Crippen molar-refractivity contribution < 1.29 is 4.79 Å². The van der Waals surface area contributed by atoms with Gasteiger partial charge in [0.25, 0.3) is 5.91 Å². The molecule has 0 saturated carbocycles. The topological polar surface area (TPSA) is 61.4 Å². The van der Waals surface area contributed by atoms with Crippen LogP contribution in [0.4, 0.5) is 5.95 Å². The second kappa shape index (κ2) is 4.20. The first-order chi connectivity index (χ1) is 8.68. The van der Waals surface area contributed by atoms with Crippen molar-refractivity contribution in [2.24, 2.45) is 0 Å². The van der Waals surface area contributed by atoms with E-state index in [1.54, 1.807) is 18.1 Å². The fraction of sp³-hybridized carbons (Fsp3) is 0.583. The smallest absolute Gasteiger partial charge is 0.257 e. The van der Waals surface area contributed by atoms with E-state index in [2.05, 4.69) is 20.2 Å². The van der Waals surface area contributed by atoms with Crippen LogP contribution in [0.15, 0.2) is 6.20 Å². The van der Waals surface area contributed by atoms with Gasteiger partial charge >= 0.3 is 0 Å². The molecule has 0 aromatic carbocycles. The van der Waals surface area contributed by atoms with Crippen LogP contribution in [-0.2, 0) is 0 Å². The Morgan fingerprint density at radius 1 is 1.39 bits per heavy atom. The largest absolute Gasteiger partial charge is 0.338 e. The molecule has 1 saturated heterocycles. The second-order valence-corrected chi connectivity index (χ2v) is 4.80. The predicted molar refractivity (Wildman–Crippen MR) is 67.6 cm³/mol. The highest BCUT2D eigenvalue weighted by atomic mass is 16.2. The molecule has 0 spiro atoms. The Kier molecular flexibility index (Phi) is 2.66. The van der Waals surface area contributed by atoms with Crippen molar-refractivity contribution in [3.8, 4) is 0 Å². The van der Waals surface area contributed by atoms with Crippen molar-refractivity contribution in [2.75, 3.05) is 38.1 Å². The van der Waals surface area contributed by atoms with Crippen LogP contribution in [0.5, 0.6) is 0 Å². The third-order valence-electron chi connectivity index (χ3n) is 3.73. The quantitative estimate of drug-likeness (QED) is 0.759. The van der Waals surface area contributed by atoms with Gasteiger partial charge in [-0.25, -0.2) is 9.97 Å². The molecule has 1 amide bonds. The Labute approximate surface area is 106 Å². The van der Waals surface area contributed by atoms with Crippen molar-refractivity contribution in [1.82, 2.24) is 20.2 Å². The van der Waals surface area contributed by atoms with Crippen LogP contribution in [-0.4, -0.2) is 54.0 Å². The lowest BCUT2D eigenvalue weighted by Crippen LogP contribution is -2.44. The average molecular weight is 247 g/mol. The number of carbonyl (C=O) groups excluding carboxylic acids is 1.